The first-order chi connectivity index (χ1) is 8.89. The van der Waals surface area contributed by atoms with Crippen molar-refractivity contribution >= 4 is 12.0 Å². The molecule has 1 rings (SSSR count). The summed E-state index contributed by atoms with van der Waals surface area (Å²) in [4.78, 5) is 28.4. The summed E-state index contributed by atoms with van der Waals surface area (Å²) in [5, 5.41) is 11.9. The number of carbonyl (C=O) groups excluding carboxylic acids is 1. The fraction of sp³-hybridized carbons (Fsp3) is 0.462. The molecule has 1 aromatic heterocycles. The summed E-state index contributed by atoms with van der Waals surface area (Å²) in [6, 6.07) is 3.18. The van der Waals surface area contributed by atoms with Gasteiger partial charge in [-0.15, -0.1) is 0 Å². The van der Waals surface area contributed by atoms with Crippen LogP contribution in [0.4, 0.5) is 4.79 Å². The lowest BCUT2D eigenvalue weighted by Crippen LogP contribution is -2.55. The van der Waals surface area contributed by atoms with Crippen molar-refractivity contribution in [3.8, 4) is 0 Å². The predicted octanol–water partition coefficient (Wildman–Crippen LogP) is 1.48. The summed E-state index contributed by atoms with van der Waals surface area (Å²) in [6.45, 7) is 5.42. The molecule has 0 aliphatic heterocycles. The second-order valence-corrected chi connectivity index (χ2v) is 4.62. The highest BCUT2D eigenvalue weighted by Gasteiger charge is 2.36. The Labute approximate surface area is 112 Å². The lowest BCUT2D eigenvalue weighted by atomic mass is 10.0. The standard InChI is InChI=1S/C13H19N3O3/c1-4-16(13(2,3)11(17)18)12(19)15-9-10-5-7-14-8-6-10/h5-8H,4,9H2,1-3H3,(H,15,19)(H,17,18). The summed E-state index contributed by atoms with van der Waals surface area (Å²) in [7, 11) is 0. The normalized spacial score (nSPS) is 10.9. The van der Waals surface area contributed by atoms with Crippen LogP contribution in [0.2, 0.25) is 0 Å². The van der Waals surface area contributed by atoms with Crippen LogP contribution in [-0.4, -0.2) is 39.1 Å². The number of urea groups is 1. The summed E-state index contributed by atoms with van der Waals surface area (Å²) >= 11 is 0. The quantitative estimate of drug-likeness (QED) is 0.844. The largest absolute Gasteiger partial charge is 0.480 e. The van der Waals surface area contributed by atoms with Gasteiger partial charge in [-0.05, 0) is 38.5 Å². The molecule has 0 fully saturated rings. The molecule has 0 saturated heterocycles. The maximum Gasteiger partial charge on any atom is 0.329 e. The Morgan fingerprint density at radius 2 is 1.95 bits per heavy atom. The topological polar surface area (TPSA) is 82.5 Å². The van der Waals surface area contributed by atoms with Gasteiger partial charge in [0.2, 0.25) is 0 Å². The molecule has 1 aromatic rings. The minimum absolute atomic E-state index is 0.321. The molecule has 0 unspecified atom stereocenters. The van der Waals surface area contributed by atoms with Crippen LogP contribution in [0.1, 0.15) is 26.3 Å². The average Bonchev–Trinajstić information content (AvgIpc) is 2.38. The molecule has 0 radical (unpaired) electrons. The van der Waals surface area contributed by atoms with Gasteiger partial charge in [-0.1, -0.05) is 0 Å². The molecule has 0 aliphatic carbocycles. The second-order valence-electron chi connectivity index (χ2n) is 4.62. The molecule has 0 atom stereocenters. The average molecular weight is 265 g/mol. The third kappa shape index (κ3) is 3.67. The van der Waals surface area contributed by atoms with Crippen molar-refractivity contribution in [3.05, 3.63) is 30.1 Å². The van der Waals surface area contributed by atoms with Gasteiger partial charge < -0.3 is 15.3 Å². The van der Waals surface area contributed by atoms with E-state index in [2.05, 4.69) is 10.3 Å². The lowest BCUT2D eigenvalue weighted by Gasteiger charge is -2.34. The number of hydrogen-bond donors (Lipinski definition) is 2. The van der Waals surface area contributed by atoms with Crippen molar-refractivity contribution in [2.75, 3.05) is 6.54 Å². The van der Waals surface area contributed by atoms with Crippen LogP contribution < -0.4 is 5.32 Å². The third-order valence-corrected chi connectivity index (χ3v) is 2.95. The first kappa shape index (κ1) is 14.9. The van der Waals surface area contributed by atoms with Gasteiger partial charge in [-0.2, -0.15) is 0 Å². The number of hydrogen-bond acceptors (Lipinski definition) is 3. The number of aromatic nitrogens is 1. The first-order valence-electron chi connectivity index (χ1n) is 6.07. The van der Waals surface area contributed by atoms with E-state index < -0.39 is 17.5 Å². The molecule has 0 aliphatic rings. The van der Waals surface area contributed by atoms with Gasteiger partial charge in [0, 0.05) is 25.5 Å². The van der Waals surface area contributed by atoms with Crippen LogP contribution >= 0.6 is 0 Å². The molecule has 2 N–H and O–H groups in total. The summed E-state index contributed by atoms with van der Waals surface area (Å²) in [5.41, 5.74) is -0.329. The van der Waals surface area contributed by atoms with E-state index in [1.807, 2.05) is 0 Å². The maximum absolute atomic E-state index is 12.0. The summed E-state index contributed by atoms with van der Waals surface area (Å²) in [6.07, 6.45) is 3.28. The SMILES string of the molecule is CCN(C(=O)NCc1ccncc1)C(C)(C)C(=O)O. The third-order valence-electron chi connectivity index (χ3n) is 2.95. The fourth-order valence-corrected chi connectivity index (χ4v) is 1.68. The van der Waals surface area contributed by atoms with Gasteiger partial charge >= 0.3 is 12.0 Å². The Balaban J connectivity index is 2.68. The van der Waals surface area contributed by atoms with Crippen molar-refractivity contribution in [1.82, 2.24) is 15.2 Å². The van der Waals surface area contributed by atoms with E-state index >= 15 is 0 Å². The number of nitrogens with one attached hydrogen (secondary N) is 1. The molecule has 19 heavy (non-hydrogen) atoms. The Morgan fingerprint density at radius 3 is 2.42 bits per heavy atom. The van der Waals surface area contributed by atoms with Crippen molar-refractivity contribution in [3.63, 3.8) is 0 Å². The molecule has 0 saturated carbocycles. The molecule has 6 heteroatoms. The number of likely N-dealkylation sites (N-methyl/N-ethyl adjacent to an activating group) is 1. The lowest BCUT2D eigenvalue weighted by molar-refractivity contribution is -0.147. The first-order valence-corrected chi connectivity index (χ1v) is 6.07. The molecule has 1 heterocycles. The van der Waals surface area contributed by atoms with Crippen LogP contribution in [0, 0.1) is 0 Å². The number of pyridine rings is 1. The number of carboxylic acid groups (broad SMARTS) is 1. The van der Waals surface area contributed by atoms with E-state index in [1.165, 1.54) is 18.7 Å². The Hall–Kier alpha value is -2.11. The molecular weight excluding hydrogens is 246 g/mol. The number of aliphatic carboxylic acids is 1. The van der Waals surface area contributed by atoms with Crippen LogP contribution in [0.15, 0.2) is 24.5 Å². The van der Waals surface area contributed by atoms with E-state index in [-0.39, 0.29) is 0 Å². The van der Waals surface area contributed by atoms with Crippen molar-refractivity contribution < 1.29 is 14.7 Å². The summed E-state index contributed by atoms with van der Waals surface area (Å²) in [5.74, 6) is -1.03. The second kappa shape index (κ2) is 6.17. The number of carboxylic acids is 1. The van der Waals surface area contributed by atoms with E-state index in [0.29, 0.717) is 13.1 Å². The smallest absolute Gasteiger partial charge is 0.329 e. The van der Waals surface area contributed by atoms with Crippen LogP contribution in [0.5, 0.6) is 0 Å². The minimum Gasteiger partial charge on any atom is -0.480 e. The van der Waals surface area contributed by atoms with Gasteiger partial charge in [0.25, 0.3) is 0 Å². The number of nitrogens with zero attached hydrogens (tertiary/aromatic N) is 2. The van der Waals surface area contributed by atoms with Crippen molar-refractivity contribution in [2.45, 2.75) is 32.9 Å². The monoisotopic (exact) mass is 265 g/mol. The van der Waals surface area contributed by atoms with E-state index in [9.17, 15) is 9.59 Å². The van der Waals surface area contributed by atoms with Crippen molar-refractivity contribution in [2.24, 2.45) is 0 Å². The zero-order valence-electron chi connectivity index (χ0n) is 11.4. The van der Waals surface area contributed by atoms with Gasteiger partial charge in [-0.25, -0.2) is 9.59 Å². The molecule has 2 amide bonds. The van der Waals surface area contributed by atoms with E-state index in [0.717, 1.165) is 5.56 Å². The highest BCUT2D eigenvalue weighted by Crippen LogP contribution is 2.14. The highest BCUT2D eigenvalue weighted by molar-refractivity contribution is 5.85. The number of carbonyl (C=O) groups is 2. The van der Waals surface area contributed by atoms with E-state index in [1.54, 1.807) is 31.5 Å². The zero-order valence-corrected chi connectivity index (χ0v) is 11.4. The van der Waals surface area contributed by atoms with Gasteiger partial charge in [0.05, 0.1) is 0 Å². The van der Waals surface area contributed by atoms with Gasteiger partial charge in [-0.3, -0.25) is 4.98 Å². The zero-order chi connectivity index (χ0) is 14.5. The van der Waals surface area contributed by atoms with E-state index in [4.69, 9.17) is 5.11 Å². The van der Waals surface area contributed by atoms with Crippen LogP contribution in [0.3, 0.4) is 0 Å². The van der Waals surface area contributed by atoms with Crippen molar-refractivity contribution in [1.29, 1.82) is 0 Å². The van der Waals surface area contributed by atoms with Gasteiger partial charge in [0.15, 0.2) is 0 Å². The molecular formula is C13H19N3O3. The maximum atomic E-state index is 12.0. The fourth-order valence-electron chi connectivity index (χ4n) is 1.68. The molecule has 0 aromatic carbocycles. The number of amides is 2. The molecule has 6 nitrogen and oxygen atoms in total. The highest BCUT2D eigenvalue weighted by atomic mass is 16.4. The number of rotatable bonds is 5. The molecule has 0 bridgehead atoms. The minimum atomic E-state index is -1.24. The molecule has 0 spiro atoms. The Morgan fingerprint density at radius 1 is 1.37 bits per heavy atom. The predicted molar refractivity (Wildman–Crippen MR) is 70.6 cm³/mol. The van der Waals surface area contributed by atoms with Crippen LogP contribution in [-0.2, 0) is 11.3 Å². The Bertz CT molecular complexity index is 446. The van der Waals surface area contributed by atoms with Crippen LogP contribution in [0.25, 0.3) is 0 Å². The molecule has 104 valence electrons. The van der Waals surface area contributed by atoms with Gasteiger partial charge in [0.1, 0.15) is 5.54 Å². The Kier molecular flexibility index (Phi) is 4.86. The summed E-state index contributed by atoms with van der Waals surface area (Å²) < 4.78 is 0.